The number of unbranched alkanes of at least 4 members (excludes halogenated alkanes) is 9. The summed E-state index contributed by atoms with van der Waals surface area (Å²) < 4.78 is 0. The fraction of sp³-hybridized carbons (Fsp3) is 0.615. The summed E-state index contributed by atoms with van der Waals surface area (Å²) in [7, 11) is 0. The molecule has 0 fully saturated rings. The molecule has 1 nitrogen and oxygen atoms in total. The first kappa shape index (κ1) is 22.0. The van der Waals surface area contributed by atoms with Crippen LogP contribution in [0.2, 0.25) is 0 Å². The average molecular weight is 368 g/mol. The molecular formula is C26H41N. The van der Waals surface area contributed by atoms with Gasteiger partial charge in [0, 0.05) is 11.5 Å². The summed E-state index contributed by atoms with van der Waals surface area (Å²) in [5, 5.41) is 2.70. The van der Waals surface area contributed by atoms with Gasteiger partial charge < -0.3 is 5.73 Å². The van der Waals surface area contributed by atoms with E-state index in [1.807, 2.05) is 0 Å². The monoisotopic (exact) mass is 367 g/mol. The van der Waals surface area contributed by atoms with Crippen LogP contribution in [0, 0.1) is 0 Å². The second-order valence-corrected chi connectivity index (χ2v) is 8.91. The van der Waals surface area contributed by atoms with Crippen LogP contribution in [0.4, 0.5) is 0 Å². The molecule has 0 aliphatic heterocycles. The van der Waals surface area contributed by atoms with E-state index < -0.39 is 0 Å². The topological polar surface area (TPSA) is 26.0 Å². The third-order valence-corrected chi connectivity index (χ3v) is 5.94. The highest BCUT2D eigenvalue weighted by atomic mass is 14.7. The first-order chi connectivity index (χ1) is 13.0. The van der Waals surface area contributed by atoms with Crippen molar-refractivity contribution >= 4 is 10.8 Å². The standard InChI is InChI=1S/C26H41N/c1-4-5-6-7-8-9-10-11-12-13-21-25(26(2,3)27)24-20-16-18-22-17-14-15-19-23(22)24/h14-20,25H,4-13,21,27H2,1-3H3. The highest BCUT2D eigenvalue weighted by Crippen LogP contribution is 2.35. The number of rotatable bonds is 13. The Morgan fingerprint density at radius 3 is 1.93 bits per heavy atom. The van der Waals surface area contributed by atoms with Gasteiger partial charge in [-0.3, -0.25) is 0 Å². The number of fused-ring (bicyclic) bond motifs is 1. The quantitative estimate of drug-likeness (QED) is 0.357. The van der Waals surface area contributed by atoms with Crippen molar-refractivity contribution in [1.82, 2.24) is 0 Å². The number of benzene rings is 2. The van der Waals surface area contributed by atoms with Crippen molar-refractivity contribution in [2.75, 3.05) is 0 Å². The summed E-state index contributed by atoms with van der Waals surface area (Å²) in [5.74, 6) is 0.414. The van der Waals surface area contributed by atoms with Gasteiger partial charge in [-0.05, 0) is 36.6 Å². The van der Waals surface area contributed by atoms with Gasteiger partial charge in [-0.25, -0.2) is 0 Å². The molecule has 0 spiro atoms. The Kier molecular flexibility index (Phi) is 9.34. The SMILES string of the molecule is CCCCCCCCCCCCC(c1cccc2ccccc12)C(C)(C)N. The maximum absolute atomic E-state index is 6.62. The molecule has 0 aliphatic rings. The second-order valence-electron chi connectivity index (χ2n) is 8.91. The predicted molar refractivity (Wildman–Crippen MR) is 121 cm³/mol. The molecule has 1 unspecified atom stereocenters. The fourth-order valence-corrected chi connectivity index (χ4v) is 4.32. The van der Waals surface area contributed by atoms with E-state index in [4.69, 9.17) is 5.73 Å². The zero-order valence-corrected chi connectivity index (χ0v) is 18.0. The van der Waals surface area contributed by atoms with Crippen molar-refractivity contribution in [3.05, 3.63) is 48.0 Å². The molecule has 0 heterocycles. The average Bonchev–Trinajstić information content (AvgIpc) is 2.65. The molecule has 2 aromatic carbocycles. The fourth-order valence-electron chi connectivity index (χ4n) is 4.32. The summed E-state index contributed by atoms with van der Waals surface area (Å²) in [6, 6.07) is 15.4. The van der Waals surface area contributed by atoms with Gasteiger partial charge in [0.25, 0.3) is 0 Å². The van der Waals surface area contributed by atoms with Crippen LogP contribution < -0.4 is 5.73 Å². The predicted octanol–water partition coefficient (Wildman–Crippen LogP) is 7.97. The minimum absolute atomic E-state index is 0.191. The maximum Gasteiger partial charge on any atom is 0.0166 e. The molecule has 0 bridgehead atoms. The molecule has 1 atom stereocenters. The van der Waals surface area contributed by atoms with E-state index in [1.165, 1.54) is 87.0 Å². The Morgan fingerprint density at radius 1 is 0.741 bits per heavy atom. The first-order valence-electron chi connectivity index (χ1n) is 11.3. The minimum Gasteiger partial charge on any atom is -0.325 e. The Bertz CT molecular complexity index is 647. The second kappa shape index (κ2) is 11.5. The highest BCUT2D eigenvalue weighted by Gasteiger charge is 2.27. The Balaban J connectivity index is 1.82. The molecule has 0 radical (unpaired) electrons. The van der Waals surface area contributed by atoms with Crippen LogP contribution >= 0.6 is 0 Å². The molecule has 0 aromatic heterocycles. The highest BCUT2D eigenvalue weighted by molar-refractivity contribution is 5.86. The number of hydrogen-bond donors (Lipinski definition) is 1. The lowest BCUT2D eigenvalue weighted by atomic mass is 9.77. The summed E-state index contributed by atoms with van der Waals surface area (Å²) in [5.41, 5.74) is 7.86. The van der Waals surface area contributed by atoms with E-state index in [0.29, 0.717) is 5.92 Å². The van der Waals surface area contributed by atoms with Gasteiger partial charge in [0.2, 0.25) is 0 Å². The molecule has 2 rings (SSSR count). The third kappa shape index (κ3) is 7.30. The van der Waals surface area contributed by atoms with Gasteiger partial charge >= 0.3 is 0 Å². The van der Waals surface area contributed by atoms with Gasteiger partial charge in [0.05, 0.1) is 0 Å². The molecule has 2 N–H and O–H groups in total. The molecule has 150 valence electrons. The number of nitrogens with two attached hydrogens (primary N) is 1. The summed E-state index contributed by atoms with van der Waals surface area (Å²) in [6.07, 6.45) is 15.0. The molecule has 0 aliphatic carbocycles. The smallest absolute Gasteiger partial charge is 0.0166 e. The van der Waals surface area contributed by atoms with Crippen molar-refractivity contribution in [3.8, 4) is 0 Å². The number of hydrogen-bond acceptors (Lipinski definition) is 1. The lowest BCUT2D eigenvalue weighted by molar-refractivity contribution is 0.378. The van der Waals surface area contributed by atoms with E-state index in [9.17, 15) is 0 Å². The van der Waals surface area contributed by atoms with Crippen molar-refractivity contribution in [2.24, 2.45) is 5.73 Å². The summed E-state index contributed by atoms with van der Waals surface area (Å²) in [6.45, 7) is 6.67. The zero-order chi connectivity index (χ0) is 19.5. The van der Waals surface area contributed by atoms with E-state index in [-0.39, 0.29) is 5.54 Å². The molecule has 2 aromatic rings. The van der Waals surface area contributed by atoms with Crippen LogP contribution in [-0.4, -0.2) is 5.54 Å². The first-order valence-corrected chi connectivity index (χ1v) is 11.3. The van der Waals surface area contributed by atoms with Crippen LogP contribution in [0.5, 0.6) is 0 Å². The Labute approximate surface area is 167 Å². The lowest BCUT2D eigenvalue weighted by Gasteiger charge is -2.32. The normalized spacial score (nSPS) is 13.2. The Morgan fingerprint density at radius 2 is 1.30 bits per heavy atom. The van der Waals surface area contributed by atoms with Crippen molar-refractivity contribution in [2.45, 2.75) is 103 Å². The molecule has 1 heteroatoms. The van der Waals surface area contributed by atoms with Crippen LogP contribution in [0.25, 0.3) is 10.8 Å². The van der Waals surface area contributed by atoms with Crippen LogP contribution in [0.1, 0.15) is 103 Å². The molecule has 0 saturated heterocycles. The largest absolute Gasteiger partial charge is 0.325 e. The van der Waals surface area contributed by atoms with Crippen LogP contribution in [0.15, 0.2) is 42.5 Å². The van der Waals surface area contributed by atoms with Crippen LogP contribution in [0.3, 0.4) is 0 Å². The van der Waals surface area contributed by atoms with Gasteiger partial charge in [-0.2, -0.15) is 0 Å². The van der Waals surface area contributed by atoms with Gasteiger partial charge in [-0.1, -0.05) is 114 Å². The van der Waals surface area contributed by atoms with E-state index in [1.54, 1.807) is 0 Å². The van der Waals surface area contributed by atoms with Gasteiger partial charge in [0.1, 0.15) is 0 Å². The van der Waals surface area contributed by atoms with E-state index >= 15 is 0 Å². The molecule has 0 saturated carbocycles. The summed E-state index contributed by atoms with van der Waals surface area (Å²) in [4.78, 5) is 0. The Hall–Kier alpha value is -1.34. The van der Waals surface area contributed by atoms with Gasteiger partial charge in [0.15, 0.2) is 0 Å². The van der Waals surface area contributed by atoms with Crippen molar-refractivity contribution in [3.63, 3.8) is 0 Å². The third-order valence-electron chi connectivity index (χ3n) is 5.94. The van der Waals surface area contributed by atoms with Gasteiger partial charge in [-0.15, -0.1) is 0 Å². The lowest BCUT2D eigenvalue weighted by Crippen LogP contribution is -2.39. The van der Waals surface area contributed by atoms with Crippen molar-refractivity contribution in [1.29, 1.82) is 0 Å². The minimum atomic E-state index is -0.191. The van der Waals surface area contributed by atoms with E-state index in [2.05, 4.69) is 63.2 Å². The maximum atomic E-state index is 6.62. The van der Waals surface area contributed by atoms with E-state index in [0.717, 1.165) is 0 Å². The molecule has 0 amide bonds. The summed E-state index contributed by atoms with van der Waals surface area (Å²) >= 11 is 0. The molecular weight excluding hydrogens is 326 g/mol. The van der Waals surface area contributed by atoms with Crippen molar-refractivity contribution < 1.29 is 0 Å². The molecule has 27 heavy (non-hydrogen) atoms. The zero-order valence-electron chi connectivity index (χ0n) is 18.0. The van der Waals surface area contributed by atoms with Crippen LogP contribution in [-0.2, 0) is 0 Å².